The Kier molecular flexibility index (Phi) is 2.92. The molecule has 0 radical (unpaired) electrons. The van der Waals surface area contributed by atoms with Crippen molar-refractivity contribution in [3.63, 3.8) is 0 Å². The molecule has 0 aromatic carbocycles. The standard InChI is InChI=1S/C7H3F2IN2/c8-7(9)4-1-5(10)6(2-11)12-3-4/h1,3,7H. The van der Waals surface area contributed by atoms with Crippen molar-refractivity contribution in [3.8, 4) is 6.07 Å². The minimum Gasteiger partial charge on any atom is -0.244 e. The highest BCUT2D eigenvalue weighted by Gasteiger charge is 2.09. The number of halogens is 3. The molecule has 0 saturated carbocycles. The van der Waals surface area contributed by atoms with Crippen LogP contribution >= 0.6 is 22.6 Å². The van der Waals surface area contributed by atoms with Crippen molar-refractivity contribution >= 4 is 22.6 Å². The molecule has 1 aromatic rings. The van der Waals surface area contributed by atoms with Crippen molar-refractivity contribution in [1.82, 2.24) is 4.98 Å². The first-order chi connectivity index (χ1) is 5.65. The summed E-state index contributed by atoms with van der Waals surface area (Å²) in [5, 5.41) is 8.44. The Hall–Kier alpha value is -0.770. The molecule has 2 nitrogen and oxygen atoms in total. The molecule has 0 aliphatic carbocycles. The van der Waals surface area contributed by atoms with Gasteiger partial charge in [-0.05, 0) is 28.7 Å². The van der Waals surface area contributed by atoms with Crippen molar-refractivity contribution in [2.24, 2.45) is 0 Å². The molecular weight excluding hydrogens is 277 g/mol. The first-order valence-corrected chi connectivity index (χ1v) is 4.06. The fourth-order valence-corrected chi connectivity index (χ4v) is 1.27. The molecule has 0 bridgehead atoms. The van der Waals surface area contributed by atoms with Crippen molar-refractivity contribution < 1.29 is 8.78 Å². The molecule has 0 N–H and O–H groups in total. The monoisotopic (exact) mass is 280 g/mol. The van der Waals surface area contributed by atoms with Gasteiger partial charge in [0.15, 0.2) is 5.69 Å². The summed E-state index contributed by atoms with van der Waals surface area (Å²) in [4.78, 5) is 3.57. The molecule has 12 heavy (non-hydrogen) atoms. The number of alkyl halides is 2. The Balaban J connectivity index is 3.12. The van der Waals surface area contributed by atoms with E-state index >= 15 is 0 Å². The van der Waals surface area contributed by atoms with Gasteiger partial charge in [0, 0.05) is 11.8 Å². The Morgan fingerprint density at radius 2 is 2.25 bits per heavy atom. The molecule has 0 amide bonds. The van der Waals surface area contributed by atoms with Crippen LogP contribution in [0.3, 0.4) is 0 Å². The Labute approximate surface area is 81.4 Å². The first kappa shape index (κ1) is 9.32. The van der Waals surface area contributed by atoms with Crippen LogP contribution in [0.15, 0.2) is 12.3 Å². The number of hydrogen-bond donors (Lipinski definition) is 0. The van der Waals surface area contributed by atoms with Crippen LogP contribution in [-0.2, 0) is 0 Å². The minimum atomic E-state index is -2.53. The van der Waals surface area contributed by atoms with Gasteiger partial charge in [-0.1, -0.05) is 0 Å². The molecule has 1 heterocycles. The molecule has 5 heteroatoms. The number of hydrogen-bond acceptors (Lipinski definition) is 2. The highest BCUT2D eigenvalue weighted by molar-refractivity contribution is 14.1. The lowest BCUT2D eigenvalue weighted by atomic mass is 10.2. The topological polar surface area (TPSA) is 36.7 Å². The fraction of sp³-hybridized carbons (Fsp3) is 0.143. The quantitative estimate of drug-likeness (QED) is 0.741. The lowest BCUT2D eigenvalue weighted by molar-refractivity contribution is 0.151. The van der Waals surface area contributed by atoms with E-state index in [1.54, 1.807) is 28.7 Å². The summed E-state index contributed by atoms with van der Waals surface area (Å²) in [6.07, 6.45) is -1.51. The highest BCUT2D eigenvalue weighted by atomic mass is 127. The SMILES string of the molecule is N#Cc1ncc(C(F)F)cc1I. The molecule has 0 unspecified atom stereocenters. The highest BCUT2D eigenvalue weighted by Crippen LogP contribution is 2.20. The average molecular weight is 280 g/mol. The second-order valence-corrected chi connectivity index (χ2v) is 3.17. The van der Waals surface area contributed by atoms with Gasteiger partial charge in [0.05, 0.1) is 3.57 Å². The van der Waals surface area contributed by atoms with E-state index in [1.807, 2.05) is 0 Å². The lowest BCUT2D eigenvalue weighted by Crippen LogP contribution is -1.92. The Morgan fingerprint density at radius 1 is 1.58 bits per heavy atom. The molecule has 62 valence electrons. The predicted octanol–water partition coefficient (Wildman–Crippen LogP) is 2.50. The number of pyridine rings is 1. The van der Waals surface area contributed by atoms with Gasteiger partial charge in [-0.25, -0.2) is 13.8 Å². The van der Waals surface area contributed by atoms with Gasteiger partial charge < -0.3 is 0 Å². The third-order valence-corrected chi connectivity index (χ3v) is 2.04. The normalized spacial score (nSPS) is 9.92. The molecule has 0 saturated heterocycles. The van der Waals surface area contributed by atoms with Gasteiger partial charge in [0.1, 0.15) is 6.07 Å². The summed E-state index contributed by atoms with van der Waals surface area (Å²) < 4.78 is 24.6. The maximum Gasteiger partial charge on any atom is 0.265 e. The van der Waals surface area contributed by atoms with Crippen LogP contribution in [0.5, 0.6) is 0 Å². The van der Waals surface area contributed by atoms with Gasteiger partial charge in [0.2, 0.25) is 0 Å². The third kappa shape index (κ3) is 1.88. The van der Waals surface area contributed by atoms with Gasteiger partial charge in [-0.2, -0.15) is 5.26 Å². The van der Waals surface area contributed by atoms with E-state index in [0.29, 0.717) is 3.57 Å². The van der Waals surface area contributed by atoms with Crippen molar-refractivity contribution in [3.05, 3.63) is 27.1 Å². The maximum absolute atomic E-state index is 12.1. The van der Waals surface area contributed by atoms with E-state index in [0.717, 1.165) is 6.20 Å². The van der Waals surface area contributed by atoms with E-state index in [4.69, 9.17) is 5.26 Å². The van der Waals surface area contributed by atoms with Crippen molar-refractivity contribution in [1.29, 1.82) is 5.26 Å². The van der Waals surface area contributed by atoms with Crippen LogP contribution in [0.25, 0.3) is 0 Å². The molecule has 0 aliphatic heterocycles. The minimum absolute atomic E-state index is 0.154. The summed E-state index contributed by atoms with van der Waals surface area (Å²) in [6, 6.07) is 3.06. The zero-order chi connectivity index (χ0) is 9.14. The second kappa shape index (κ2) is 3.76. The van der Waals surface area contributed by atoms with Gasteiger partial charge in [0.25, 0.3) is 6.43 Å². The predicted molar refractivity (Wildman–Crippen MR) is 46.6 cm³/mol. The smallest absolute Gasteiger partial charge is 0.244 e. The Morgan fingerprint density at radius 3 is 2.67 bits per heavy atom. The molecule has 1 rings (SSSR count). The zero-order valence-electron chi connectivity index (χ0n) is 5.76. The summed E-state index contributed by atoms with van der Waals surface area (Å²) in [7, 11) is 0. The van der Waals surface area contributed by atoms with Crippen molar-refractivity contribution in [2.45, 2.75) is 6.43 Å². The van der Waals surface area contributed by atoms with E-state index in [-0.39, 0.29) is 11.3 Å². The molecule has 0 aliphatic rings. The lowest BCUT2D eigenvalue weighted by Gasteiger charge is -1.99. The molecule has 1 aromatic heterocycles. The number of rotatable bonds is 1. The van der Waals surface area contributed by atoms with Gasteiger partial charge in [-0.15, -0.1) is 0 Å². The summed E-state index contributed by atoms with van der Waals surface area (Å²) in [5.41, 5.74) is 0.0263. The second-order valence-electron chi connectivity index (χ2n) is 2.01. The number of nitrogens with zero attached hydrogens (tertiary/aromatic N) is 2. The number of aromatic nitrogens is 1. The molecule has 0 spiro atoms. The van der Waals surface area contributed by atoms with Crippen LogP contribution in [0, 0.1) is 14.9 Å². The molecule has 0 fully saturated rings. The third-order valence-electron chi connectivity index (χ3n) is 1.22. The Bertz CT molecular complexity index is 333. The van der Waals surface area contributed by atoms with Crippen LogP contribution in [-0.4, -0.2) is 4.98 Å². The number of nitriles is 1. The summed E-state index contributed by atoms with van der Waals surface area (Å²) >= 11 is 1.80. The zero-order valence-corrected chi connectivity index (χ0v) is 7.92. The van der Waals surface area contributed by atoms with Gasteiger partial charge >= 0.3 is 0 Å². The van der Waals surface area contributed by atoms with E-state index in [9.17, 15) is 8.78 Å². The summed E-state index contributed by atoms with van der Waals surface area (Å²) in [5.74, 6) is 0. The largest absolute Gasteiger partial charge is 0.265 e. The van der Waals surface area contributed by atoms with Gasteiger partial charge in [-0.3, -0.25) is 0 Å². The van der Waals surface area contributed by atoms with Crippen molar-refractivity contribution in [2.75, 3.05) is 0 Å². The van der Waals surface area contributed by atoms with E-state index in [2.05, 4.69) is 4.98 Å². The molecule has 0 atom stereocenters. The van der Waals surface area contributed by atoms with Crippen LogP contribution in [0.2, 0.25) is 0 Å². The van der Waals surface area contributed by atoms with E-state index < -0.39 is 6.43 Å². The fourth-order valence-electron chi connectivity index (χ4n) is 0.654. The van der Waals surface area contributed by atoms with E-state index in [1.165, 1.54) is 6.07 Å². The average Bonchev–Trinajstić information content (AvgIpc) is 2.04. The van der Waals surface area contributed by atoms with Crippen LogP contribution in [0.4, 0.5) is 8.78 Å². The van der Waals surface area contributed by atoms with Crippen LogP contribution in [0.1, 0.15) is 17.7 Å². The first-order valence-electron chi connectivity index (χ1n) is 2.99. The summed E-state index contributed by atoms with van der Waals surface area (Å²) in [6.45, 7) is 0. The maximum atomic E-state index is 12.1. The molecular formula is C7H3F2IN2. The van der Waals surface area contributed by atoms with Crippen LogP contribution < -0.4 is 0 Å².